The standard InChI is InChI=1S/C16H23N3O3/c1-10-14(22-15(17-10)11-3-4-11)16(20)19-6-5-13-12(9-19)18(2)7-8-21-13/h11-13H,3-9H2,1-2H3/t12-,13-/m0/s1. The van der Waals surface area contributed by atoms with Crippen molar-refractivity contribution in [1.82, 2.24) is 14.8 Å². The van der Waals surface area contributed by atoms with E-state index in [9.17, 15) is 4.79 Å². The minimum atomic E-state index is -0.0191. The van der Waals surface area contributed by atoms with Gasteiger partial charge in [-0.05, 0) is 33.2 Å². The van der Waals surface area contributed by atoms with E-state index in [1.807, 2.05) is 11.8 Å². The van der Waals surface area contributed by atoms with E-state index in [1.54, 1.807) is 0 Å². The van der Waals surface area contributed by atoms with Gasteiger partial charge in [-0.1, -0.05) is 0 Å². The Kier molecular flexibility index (Phi) is 3.46. The molecule has 0 N–H and O–H groups in total. The molecule has 1 aromatic rings. The number of oxazole rings is 1. The van der Waals surface area contributed by atoms with Crippen molar-refractivity contribution in [1.29, 1.82) is 0 Å². The number of hydrogen-bond donors (Lipinski definition) is 0. The number of fused-ring (bicyclic) bond motifs is 1. The van der Waals surface area contributed by atoms with Crippen LogP contribution in [0.5, 0.6) is 0 Å². The van der Waals surface area contributed by atoms with Crippen molar-refractivity contribution in [3.8, 4) is 0 Å². The van der Waals surface area contributed by atoms with Crippen LogP contribution < -0.4 is 0 Å². The zero-order valence-electron chi connectivity index (χ0n) is 13.2. The number of rotatable bonds is 2. The number of likely N-dealkylation sites (tertiary alicyclic amines) is 1. The fraction of sp³-hybridized carbons (Fsp3) is 0.750. The van der Waals surface area contributed by atoms with E-state index in [-0.39, 0.29) is 18.1 Å². The van der Waals surface area contributed by atoms with Crippen LogP contribution in [0.25, 0.3) is 0 Å². The first-order valence-corrected chi connectivity index (χ1v) is 8.22. The molecule has 3 aliphatic rings. The molecule has 2 aliphatic heterocycles. The maximum absolute atomic E-state index is 12.8. The van der Waals surface area contributed by atoms with Gasteiger partial charge in [0.1, 0.15) is 0 Å². The van der Waals surface area contributed by atoms with Crippen molar-refractivity contribution in [3.63, 3.8) is 0 Å². The quantitative estimate of drug-likeness (QED) is 0.827. The second-order valence-corrected chi connectivity index (χ2v) is 6.74. The van der Waals surface area contributed by atoms with Gasteiger partial charge in [0.2, 0.25) is 5.76 Å². The monoisotopic (exact) mass is 305 g/mol. The second-order valence-electron chi connectivity index (χ2n) is 6.74. The van der Waals surface area contributed by atoms with Crippen molar-refractivity contribution in [2.75, 3.05) is 33.3 Å². The molecule has 3 heterocycles. The van der Waals surface area contributed by atoms with Crippen LogP contribution in [-0.2, 0) is 4.74 Å². The van der Waals surface area contributed by atoms with Gasteiger partial charge in [0, 0.05) is 25.6 Å². The van der Waals surface area contributed by atoms with Crippen LogP contribution in [0.3, 0.4) is 0 Å². The number of aromatic nitrogens is 1. The molecule has 6 nitrogen and oxygen atoms in total. The number of morpholine rings is 1. The third-order valence-corrected chi connectivity index (χ3v) is 5.08. The summed E-state index contributed by atoms with van der Waals surface area (Å²) in [4.78, 5) is 21.4. The molecule has 2 saturated heterocycles. The third-order valence-electron chi connectivity index (χ3n) is 5.08. The smallest absolute Gasteiger partial charge is 0.291 e. The van der Waals surface area contributed by atoms with Gasteiger partial charge < -0.3 is 14.1 Å². The molecule has 0 bridgehead atoms. The zero-order valence-corrected chi connectivity index (χ0v) is 13.2. The normalized spacial score (nSPS) is 29.5. The maximum atomic E-state index is 12.8. The van der Waals surface area contributed by atoms with E-state index in [4.69, 9.17) is 9.15 Å². The predicted molar refractivity (Wildman–Crippen MR) is 79.9 cm³/mol. The first-order valence-electron chi connectivity index (χ1n) is 8.22. The largest absolute Gasteiger partial charge is 0.435 e. The summed E-state index contributed by atoms with van der Waals surface area (Å²) in [6.45, 7) is 5.02. The average molecular weight is 305 g/mol. The van der Waals surface area contributed by atoms with Crippen LogP contribution in [0.4, 0.5) is 0 Å². The van der Waals surface area contributed by atoms with Crippen LogP contribution in [0.15, 0.2) is 4.42 Å². The molecule has 2 atom stereocenters. The van der Waals surface area contributed by atoms with E-state index in [0.29, 0.717) is 18.2 Å². The summed E-state index contributed by atoms with van der Waals surface area (Å²) in [6, 6.07) is 0.289. The van der Waals surface area contributed by atoms with Gasteiger partial charge >= 0.3 is 0 Å². The number of ether oxygens (including phenoxy) is 1. The van der Waals surface area contributed by atoms with Crippen LogP contribution in [-0.4, -0.2) is 66.1 Å². The van der Waals surface area contributed by atoms with Crippen LogP contribution in [0, 0.1) is 6.92 Å². The van der Waals surface area contributed by atoms with Gasteiger partial charge in [0.15, 0.2) is 5.89 Å². The molecular weight excluding hydrogens is 282 g/mol. The zero-order chi connectivity index (χ0) is 15.3. The van der Waals surface area contributed by atoms with E-state index < -0.39 is 0 Å². The average Bonchev–Trinajstić information content (AvgIpc) is 3.30. The number of piperidine rings is 1. The Morgan fingerprint density at radius 1 is 1.27 bits per heavy atom. The number of hydrogen-bond acceptors (Lipinski definition) is 5. The Labute approximate surface area is 130 Å². The number of carbonyl (C=O) groups excluding carboxylic acids is 1. The lowest BCUT2D eigenvalue weighted by atomic mass is 9.99. The van der Waals surface area contributed by atoms with Gasteiger partial charge in [-0.2, -0.15) is 0 Å². The summed E-state index contributed by atoms with van der Waals surface area (Å²) in [7, 11) is 2.11. The minimum absolute atomic E-state index is 0.0191. The molecule has 1 aliphatic carbocycles. The molecule has 6 heteroatoms. The molecule has 120 valence electrons. The first kappa shape index (κ1) is 14.2. The van der Waals surface area contributed by atoms with Crippen molar-refractivity contribution in [3.05, 3.63) is 17.3 Å². The van der Waals surface area contributed by atoms with Crippen molar-refractivity contribution in [2.45, 2.75) is 44.2 Å². The molecule has 1 amide bonds. The summed E-state index contributed by atoms with van der Waals surface area (Å²) in [6.07, 6.45) is 3.40. The fourth-order valence-electron chi connectivity index (χ4n) is 3.49. The van der Waals surface area contributed by atoms with Crippen LogP contribution in [0.1, 0.15) is 47.3 Å². The SMILES string of the molecule is Cc1nc(C2CC2)oc1C(=O)N1CC[C@@H]2OCCN(C)[C@H]2C1. The van der Waals surface area contributed by atoms with Crippen molar-refractivity contribution in [2.24, 2.45) is 0 Å². The van der Waals surface area contributed by atoms with E-state index in [1.165, 1.54) is 0 Å². The van der Waals surface area contributed by atoms with Crippen molar-refractivity contribution >= 4 is 5.91 Å². The lowest BCUT2D eigenvalue weighted by Gasteiger charge is -2.45. The van der Waals surface area contributed by atoms with Crippen LogP contribution >= 0.6 is 0 Å². The highest BCUT2D eigenvalue weighted by molar-refractivity contribution is 5.92. The fourth-order valence-corrected chi connectivity index (χ4v) is 3.49. The lowest BCUT2D eigenvalue weighted by molar-refractivity contribution is -0.0896. The third kappa shape index (κ3) is 2.44. The Morgan fingerprint density at radius 2 is 2.09 bits per heavy atom. The molecule has 4 rings (SSSR count). The van der Waals surface area contributed by atoms with Gasteiger partial charge in [-0.3, -0.25) is 9.69 Å². The summed E-state index contributed by atoms with van der Waals surface area (Å²) < 4.78 is 11.6. The van der Waals surface area contributed by atoms with Gasteiger partial charge in [-0.15, -0.1) is 0 Å². The van der Waals surface area contributed by atoms with E-state index >= 15 is 0 Å². The Balaban J connectivity index is 1.50. The van der Waals surface area contributed by atoms with Crippen molar-refractivity contribution < 1.29 is 13.9 Å². The molecule has 0 radical (unpaired) electrons. The highest BCUT2D eigenvalue weighted by Crippen LogP contribution is 2.40. The van der Waals surface area contributed by atoms with E-state index in [2.05, 4.69) is 16.9 Å². The predicted octanol–water partition coefficient (Wildman–Crippen LogP) is 1.41. The number of amides is 1. The molecule has 1 aromatic heterocycles. The molecule has 1 saturated carbocycles. The molecule has 22 heavy (non-hydrogen) atoms. The maximum Gasteiger partial charge on any atom is 0.291 e. The molecule has 0 aromatic carbocycles. The molecule has 3 fully saturated rings. The molecule has 0 spiro atoms. The number of aryl methyl sites for hydroxylation is 1. The molecular formula is C16H23N3O3. The van der Waals surface area contributed by atoms with Gasteiger partial charge in [0.05, 0.1) is 24.4 Å². The lowest BCUT2D eigenvalue weighted by Crippen LogP contribution is -2.59. The topological polar surface area (TPSA) is 58.8 Å². The summed E-state index contributed by atoms with van der Waals surface area (Å²) in [5.41, 5.74) is 0.724. The van der Waals surface area contributed by atoms with E-state index in [0.717, 1.165) is 50.5 Å². The number of nitrogens with zero attached hydrogens (tertiary/aromatic N) is 3. The Hall–Kier alpha value is -1.40. The summed E-state index contributed by atoms with van der Waals surface area (Å²) >= 11 is 0. The second kappa shape index (κ2) is 5.35. The number of carbonyl (C=O) groups is 1. The Morgan fingerprint density at radius 3 is 2.86 bits per heavy atom. The van der Waals surface area contributed by atoms with Crippen LogP contribution in [0.2, 0.25) is 0 Å². The van der Waals surface area contributed by atoms with Gasteiger partial charge in [-0.25, -0.2) is 4.98 Å². The highest BCUT2D eigenvalue weighted by Gasteiger charge is 2.39. The summed E-state index contributed by atoms with van der Waals surface area (Å²) in [5, 5.41) is 0. The highest BCUT2D eigenvalue weighted by atomic mass is 16.5. The van der Waals surface area contributed by atoms with Gasteiger partial charge in [0.25, 0.3) is 5.91 Å². The minimum Gasteiger partial charge on any atom is -0.435 e. The molecule has 0 unspecified atom stereocenters. The summed E-state index contributed by atoms with van der Waals surface area (Å²) in [5.74, 6) is 1.59. The first-order chi connectivity index (χ1) is 10.6. The number of likely N-dealkylation sites (N-methyl/N-ethyl adjacent to an activating group) is 1. The Bertz CT molecular complexity index is 581.